The van der Waals surface area contributed by atoms with Gasteiger partial charge in [-0.3, -0.25) is 4.79 Å². The number of hydrogen-bond donors (Lipinski definition) is 2. The molecule has 0 unspecified atom stereocenters. The fraction of sp³-hybridized carbons (Fsp3) is 0.417. The third-order valence-corrected chi connectivity index (χ3v) is 2.40. The highest BCUT2D eigenvalue weighted by Crippen LogP contribution is 2.14. The van der Waals surface area contributed by atoms with Crippen LogP contribution in [0.15, 0.2) is 24.3 Å². The molecule has 1 aromatic carbocycles. The number of phenols is 1. The lowest BCUT2D eigenvalue weighted by Crippen LogP contribution is -2.41. The molecule has 2 N–H and O–H groups in total. The second-order valence-electron chi connectivity index (χ2n) is 3.96. The molecule has 0 aromatic heterocycles. The maximum absolute atomic E-state index is 11.5. The minimum Gasteiger partial charge on any atom is -0.508 e. The molecule has 88 valence electrons. The molecule has 16 heavy (non-hydrogen) atoms. The average molecular weight is 222 g/mol. The van der Waals surface area contributed by atoms with Crippen LogP contribution in [0.1, 0.15) is 12.5 Å². The largest absolute Gasteiger partial charge is 0.508 e. The Hall–Kier alpha value is -1.55. The van der Waals surface area contributed by atoms with Gasteiger partial charge < -0.3 is 15.3 Å². The van der Waals surface area contributed by atoms with Gasteiger partial charge in [0.15, 0.2) is 0 Å². The van der Waals surface area contributed by atoms with E-state index in [2.05, 4.69) is 5.32 Å². The number of nitrogens with zero attached hydrogens (tertiary/aromatic N) is 1. The van der Waals surface area contributed by atoms with Gasteiger partial charge in [0.1, 0.15) is 5.75 Å². The van der Waals surface area contributed by atoms with Crippen molar-refractivity contribution in [3.8, 4) is 5.75 Å². The van der Waals surface area contributed by atoms with E-state index in [4.69, 9.17) is 0 Å². The van der Waals surface area contributed by atoms with Gasteiger partial charge in [0.05, 0.1) is 6.04 Å². The van der Waals surface area contributed by atoms with E-state index in [0.29, 0.717) is 6.54 Å². The number of carbonyl (C=O) groups is 1. The van der Waals surface area contributed by atoms with Crippen LogP contribution in [0.25, 0.3) is 0 Å². The lowest BCUT2D eigenvalue weighted by Gasteiger charge is -2.18. The smallest absolute Gasteiger partial charge is 0.238 e. The van der Waals surface area contributed by atoms with Gasteiger partial charge in [0.2, 0.25) is 5.91 Å². The monoisotopic (exact) mass is 222 g/mol. The first kappa shape index (κ1) is 12.5. The topological polar surface area (TPSA) is 52.6 Å². The summed E-state index contributed by atoms with van der Waals surface area (Å²) in [7, 11) is 3.45. The molecule has 0 heterocycles. The number of likely N-dealkylation sites (N-methyl/N-ethyl adjacent to an activating group) is 1. The van der Waals surface area contributed by atoms with Crippen molar-refractivity contribution in [2.75, 3.05) is 14.1 Å². The first-order valence-electron chi connectivity index (χ1n) is 5.23. The van der Waals surface area contributed by atoms with E-state index >= 15 is 0 Å². The van der Waals surface area contributed by atoms with Crippen LogP contribution in [0.5, 0.6) is 5.75 Å². The van der Waals surface area contributed by atoms with Crippen LogP contribution in [-0.4, -0.2) is 36.1 Å². The van der Waals surface area contributed by atoms with Gasteiger partial charge in [-0.2, -0.15) is 0 Å². The average Bonchev–Trinajstić information content (AvgIpc) is 2.26. The van der Waals surface area contributed by atoms with E-state index in [1.807, 2.05) is 19.1 Å². The molecule has 1 amide bonds. The van der Waals surface area contributed by atoms with Gasteiger partial charge in [-0.25, -0.2) is 0 Å². The Kier molecular flexibility index (Phi) is 4.31. The quantitative estimate of drug-likeness (QED) is 0.797. The summed E-state index contributed by atoms with van der Waals surface area (Å²) in [5, 5.41) is 12.6. The SMILES string of the molecule is C[C@@H](NCc1ccccc1O)C(=O)N(C)C. The van der Waals surface area contributed by atoms with Crippen molar-refractivity contribution >= 4 is 5.91 Å². The maximum Gasteiger partial charge on any atom is 0.238 e. The summed E-state index contributed by atoms with van der Waals surface area (Å²) in [6.45, 7) is 2.29. The van der Waals surface area contributed by atoms with E-state index in [1.54, 1.807) is 31.1 Å². The third kappa shape index (κ3) is 3.24. The molecule has 0 saturated heterocycles. The van der Waals surface area contributed by atoms with Gasteiger partial charge in [0, 0.05) is 26.2 Å². The fourth-order valence-corrected chi connectivity index (χ4v) is 1.40. The standard InChI is InChI=1S/C12H18N2O2/c1-9(12(16)14(2)3)13-8-10-6-4-5-7-11(10)15/h4-7,9,13,15H,8H2,1-3H3/t9-/m1/s1. The Bertz CT molecular complexity index is 364. The molecule has 0 fully saturated rings. The number of benzene rings is 1. The Balaban J connectivity index is 2.52. The Morgan fingerprint density at radius 2 is 2.06 bits per heavy atom. The third-order valence-electron chi connectivity index (χ3n) is 2.40. The van der Waals surface area contributed by atoms with Crippen molar-refractivity contribution in [3.05, 3.63) is 29.8 Å². The first-order chi connectivity index (χ1) is 7.52. The molecule has 0 aliphatic carbocycles. The van der Waals surface area contributed by atoms with Crippen LogP contribution in [0.4, 0.5) is 0 Å². The van der Waals surface area contributed by atoms with Gasteiger partial charge in [-0.1, -0.05) is 18.2 Å². The zero-order valence-corrected chi connectivity index (χ0v) is 9.90. The molecule has 1 rings (SSSR count). The van der Waals surface area contributed by atoms with Crippen molar-refractivity contribution in [1.29, 1.82) is 0 Å². The van der Waals surface area contributed by atoms with Crippen LogP contribution in [0.2, 0.25) is 0 Å². The van der Waals surface area contributed by atoms with Crippen LogP contribution in [0.3, 0.4) is 0 Å². The summed E-state index contributed by atoms with van der Waals surface area (Å²) in [6, 6.07) is 6.84. The van der Waals surface area contributed by atoms with Crippen molar-refractivity contribution < 1.29 is 9.90 Å². The second kappa shape index (κ2) is 5.51. The van der Waals surface area contributed by atoms with E-state index in [0.717, 1.165) is 5.56 Å². The lowest BCUT2D eigenvalue weighted by atomic mass is 10.2. The van der Waals surface area contributed by atoms with Crippen LogP contribution in [-0.2, 0) is 11.3 Å². The van der Waals surface area contributed by atoms with Gasteiger partial charge >= 0.3 is 0 Å². The van der Waals surface area contributed by atoms with E-state index in [9.17, 15) is 9.90 Å². The molecule has 0 aliphatic heterocycles. The molecule has 0 radical (unpaired) electrons. The van der Waals surface area contributed by atoms with E-state index in [-0.39, 0.29) is 17.7 Å². The predicted octanol–water partition coefficient (Wildman–Crippen LogP) is 0.959. The zero-order valence-electron chi connectivity index (χ0n) is 9.90. The zero-order chi connectivity index (χ0) is 12.1. The Morgan fingerprint density at radius 3 is 2.62 bits per heavy atom. The first-order valence-corrected chi connectivity index (χ1v) is 5.23. The highest BCUT2D eigenvalue weighted by Gasteiger charge is 2.14. The van der Waals surface area contributed by atoms with Gasteiger partial charge in [-0.15, -0.1) is 0 Å². The Morgan fingerprint density at radius 1 is 1.44 bits per heavy atom. The van der Waals surface area contributed by atoms with Gasteiger partial charge in [0.25, 0.3) is 0 Å². The molecule has 4 nitrogen and oxygen atoms in total. The normalized spacial score (nSPS) is 12.2. The molecule has 4 heteroatoms. The molecule has 0 aliphatic rings. The van der Waals surface area contributed by atoms with Crippen molar-refractivity contribution in [3.63, 3.8) is 0 Å². The lowest BCUT2D eigenvalue weighted by molar-refractivity contribution is -0.130. The number of amides is 1. The molecular weight excluding hydrogens is 204 g/mol. The Labute approximate surface area is 95.9 Å². The molecule has 0 spiro atoms. The summed E-state index contributed by atoms with van der Waals surface area (Å²) in [4.78, 5) is 13.1. The summed E-state index contributed by atoms with van der Waals surface area (Å²) >= 11 is 0. The highest BCUT2D eigenvalue weighted by molar-refractivity contribution is 5.80. The number of phenolic OH excluding ortho intramolecular Hbond substituents is 1. The summed E-state index contributed by atoms with van der Waals surface area (Å²) in [5.74, 6) is 0.273. The number of nitrogens with one attached hydrogen (secondary N) is 1. The maximum atomic E-state index is 11.5. The van der Waals surface area contributed by atoms with Crippen LogP contribution >= 0.6 is 0 Å². The molecule has 1 aromatic rings. The number of para-hydroxylation sites is 1. The minimum atomic E-state index is -0.255. The summed E-state index contributed by atoms with van der Waals surface area (Å²) in [6.07, 6.45) is 0. The van der Waals surface area contributed by atoms with E-state index < -0.39 is 0 Å². The fourth-order valence-electron chi connectivity index (χ4n) is 1.40. The predicted molar refractivity (Wildman–Crippen MR) is 63.1 cm³/mol. The van der Waals surface area contributed by atoms with Crippen molar-refractivity contribution in [2.45, 2.75) is 19.5 Å². The van der Waals surface area contributed by atoms with Crippen molar-refractivity contribution in [1.82, 2.24) is 10.2 Å². The molecule has 0 saturated carbocycles. The van der Waals surface area contributed by atoms with Crippen LogP contribution in [0, 0.1) is 0 Å². The number of rotatable bonds is 4. The number of aromatic hydroxyl groups is 1. The minimum absolute atomic E-state index is 0.0235. The van der Waals surface area contributed by atoms with E-state index in [1.165, 1.54) is 0 Å². The second-order valence-corrected chi connectivity index (χ2v) is 3.96. The summed E-state index contributed by atoms with van der Waals surface area (Å²) < 4.78 is 0. The molecule has 1 atom stereocenters. The van der Waals surface area contributed by atoms with Crippen LogP contribution < -0.4 is 5.32 Å². The van der Waals surface area contributed by atoms with Gasteiger partial charge in [-0.05, 0) is 13.0 Å². The summed E-state index contributed by atoms with van der Waals surface area (Å²) in [5.41, 5.74) is 0.793. The number of hydrogen-bond acceptors (Lipinski definition) is 3. The molecular formula is C12H18N2O2. The highest BCUT2D eigenvalue weighted by atomic mass is 16.3. The molecule has 0 bridgehead atoms. The van der Waals surface area contributed by atoms with Crippen molar-refractivity contribution in [2.24, 2.45) is 0 Å². The number of carbonyl (C=O) groups excluding carboxylic acids is 1.